The molecule has 2 heterocycles. The standard InChI is InChI=1S/C18H22N4O3/c1-24-16-6-5-13(9-17(16)25-2)18(23)21-8-7-14(10-21)22-11-15(19-20-22)12-3-4-12/h5-6,9,11-12,14H,3-4,7-8,10H2,1-2H3. The molecule has 132 valence electrons. The second-order valence-corrected chi connectivity index (χ2v) is 6.66. The molecular formula is C18H22N4O3. The molecule has 1 saturated heterocycles. The minimum Gasteiger partial charge on any atom is -0.493 e. The number of rotatable bonds is 5. The van der Waals surface area contributed by atoms with Crippen molar-refractivity contribution in [3.63, 3.8) is 0 Å². The Kier molecular flexibility index (Phi) is 4.07. The molecule has 7 nitrogen and oxygen atoms in total. The zero-order valence-electron chi connectivity index (χ0n) is 14.5. The van der Waals surface area contributed by atoms with Gasteiger partial charge in [-0.2, -0.15) is 0 Å². The Morgan fingerprint density at radius 3 is 2.68 bits per heavy atom. The first kappa shape index (κ1) is 15.9. The molecule has 2 fully saturated rings. The number of likely N-dealkylation sites (tertiary alicyclic amines) is 1. The first-order valence-corrected chi connectivity index (χ1v) is 8.62. The maximum atomic E-state index is 12.8. The summed E-state index contributed by atoms with van der Waals surface area (Å²) in [5.74, 6) is 1.79. The van der Waals surface area contributed by atoms with E-state index in [1.54, 1.807) is 32.4 Å². The van der Waals surface area contributed by atoms with Gasteiger partial charge < -0.3 is 14.4 Å². The van der Waals surface area contributed by atoms with Crippen molar-refractivity contribution in [3.8, 4) is 11.5 Å². The van der Waals surface area contributed by atoms with Gasteiger partial charge in [-0.15, -0.1) is 5.10 Å². The van der Waals surface area contributed by atoms with E-state index in [1.807, 2.05) is 15.8 Å². The molecule has 1 aromatic heterocycles. The number of benzene rings is 1. The monoisotopic (exact) mass is 342 g/mol. The summed E-state index contributed by atoms with van der Waals surface area (Å²) in [7, 11) is 3.15. The molecule has 0 spiro atoms. The average molecular weight is 342 g/mol. The van der Waals surface area contributed by atoms with Crippen LogP contribution in [0.25, 0.3) is 0 Å². The van der Waals surface area contributed by atoms with E-state index in [9.17, 15) is 4.79 Å². The van der Waals surface area contributed by atoms with Crippen LogP contribution in [-0.4, -0.2) is 53.1 Å². The molecule has 0 bridgehead atoms. The minimum atomic E-state index is 0.00554. The molecule has 25 heavy (non-hydrogen) atoms. The molecule has 2 aromatic rings. The van der Waals surface area contributed by atoms with Gasteiger partial charge in [0.2, 0.25) is 0 Å². The number of ether oxygens (including phenoxy) is 2. The molecule has 1 saturated carbocycles. The molecule has 1 aliphatic heterocycles. The first-order valence-electron chi connectivity index (χ1n) is 8.62. The molecule has 1 amide bonds. The molecule has 0 N–H and O–H groups in total. The maximum absolute atomic E-state index is 12.8. The lowest BCUT2D eigenvalue weighted by molar-refractivity contribution is 0.0786. The quantitative estimate of drug-likeness (QED) is 0.834. The van der Waals surface area contributed by atoms with E-state index >= 15 is 0 Å². The summed E-state index contributed by atoms with van der Waals surface area (Å²) in [6.07, 6.45) is 5.37. The van der Waals surface area contributed by atoms with Gasteiger partial charge in [-0.05, 0) is 37.5 Å². The largest absolute Gasteiger partial charge is 0.493 e. The van der Waals surface area contributed by atoms with Crippen LogP contribution in [0.2, 0.25) is 0 Å². The minimum absolute atomic E-state index is 0.00554. The zero-order valence-corrected chi connectivity index (χ0v) is 14.5. The highest BCUT2D eigenvalue weighted by Gasteiger charge is 2.31. The SMILES string of the molecule is COc1ccc(C(=O)N2CCC(n3cc(C4CC4)nn3)C2)cc1OC. The number of aromatic nitrogens is 3. The van der Waals surface area contributed by atoms with Gasteiger partial charge in [0.25, 0.3) is 5.91 Å². The number of methoxy groups -OCH3 is 2. The number of hydrogen-bond donors (Lipinski definition) is 0. The number of nitrogens with zero attached hydrogens (tertiary/aromatic N) is 4. The van der Waals surface area contributed by atoms with Gasteiger partial charge in [0.15, 0.2) is 11.5 Å². The van der Waals surface area contributed by atoms with Crippen LogP contribution in [0, 0.1) is 0 Å². The van der Waals surface area contributed by atoms with Crippen molar-refractivity contribution >= 4 is 5.91 Å². The van der Waals surface area contributed by atoms with E-state index < -0.39 is 0 Å². The fourth-order valence-electron chi connectivity index (χ4n) is 3.33. The number of carbonyl (C=O) groups excluding carboxylic acids is 1. The van der Waals surface area contributed by atoms with E-state index in [-0.39, 0.29) is 11.9 Å². The average Bonchev–Trinajstić information content (AvgIpc) is 3.18. The van der Waals surface area contributed by atoms with Crippen LogP contribution in [0.15, 0.2) is 24.4 Å². The normalized spacial score (nSPS) is 19.9. The molecule has 1 atom stereocenters. The highest BCUT2D eigenvalue weighted by molar-refractivity contribution is 5.95. The summed E-state index contributed by atoms with van der Waals surface area (Å²) in [4.78, 5) is 14.7. The van der Waals surface area contributed by atoms with Crippen molar-refractivity contribution in [2.45, 2.75) is 31.2 Å². The van der Waals surface area contributed by atoms with Crippen molar-refractivity contribution in [1.82, 2.24) is 19.9 Å². The predicted octanol–water partition coefficient (Wildman–Crippen LogP) is 2.26. The number of hydrogen-bond acceptors (Lipinski definition) is 5. The van der Waals surface area contributed by atoms with E-state index in [1.165, 1.54) is 12.8 Å². The molecule has 4 rings (SSSR count). The van der Waals surface area contributed by atoms with E-state index in [0.29, 0.717) is 29.5 Å². The van der Waals surface area contributed by atoms with E-state index in [4.69, 9.17) is 9.47 Å². The highest BCUT2D eigenvalue weighted by atomic mass is 16.5. The second kappa shape index (κ2) is 6.38. The second-order valence-electron chi connectivity index (χ2n) is 6.66. The van der Waals surface area contributed by atoms with Crippen molar-refractivity contribution in [3.05, 3.63) is 35.7 Å². The summed E-state index contributed by atoms with van der Waals surface area (Å²) < 4.78 is 12.4. The third kappa shape index (κ3) is 3.06. The fourth-order valence-corrected chi connectivity index (χ4v) is 3.33. The number of carbonyl (C=O) groups is 1. The van der Waals surface area contributed by atoms with Gasteiger partial charge in [0.1, 0.15) is 0 Å². The summed E-state index contributed by atoms with van der Waals surface area (Å²) in [5.41, 5.74) is 1.69. The van der Waals surface area contributed by atoms with Crippen LogP contribution in [0.1, 0.15) is 47.3 Å². The van der Waals surface area contributed by atoms with Crippen LogP contribution in [-0.2, 0) is 0 Å². The Hall–Kier alpha value is -2.57. The van der Waals surface area contributed by atoms with Crippen LogP contribution < -0.4 is 9.47 Å². The van der Waals surface area contributed by atoms with Gasteiger partial charge >= 0.3 is 0 Å². The lowest BCUT2D eigenvalue weighted by Gasteiger charge is -2.17. The lowest BCUT2D eigenvalue weighted by Crippen LogP contribution is -2.29. The van der Waals surface area contributed by atoms with Crippen molar-refractivity contribution in [2.24, 2.45) is 0 Å². The third-order valence-corrected chi connectivity index (χ3v) is 4.98. The van der Waals surface area contributed by atoms with Crippen molar-refractivity contribution in [1.29, 1.82) is 0 Å². The summed E-state index contributed by atoms with van der Waals surface area (Å²) in [6, 6.07) is 5.47. The van der Waals surface area contributed by atoms with Gasteiger partial charge in [-0.1, -0.05) is 5.21 Å². The predicted molar refractivity (Wildman–Crippen MR) is 91.1 cm³/mol. The fraction of sp³-hybridized carbons (Fsp3) is 0.500. The van der Waals surface area contributed by atoms with Crippen LogP contribution in [0.3, 0.4) is 0 Å². The summed E-state index contributed by atoms with van der Waals surface area (Å²) in [5, 5.41) is 8.54. The third-order valence-electron chi connectivity index (χ3n) is 4.98. The molecule has 7 heteroatoms. The highest BCUT2D eigenvalue weighted by Crippen LogP contribution is 2.39. The summed E-state index contributed by atoms with van der Waals surface area (Å²) in [6.45, 7) is 1.37. The van der Waals surface area contributed by atoms with Crippen molar-refractivity contribution in [2.75, 3.05) is 27.3 Å². The Morgan fingerprint density at radius 2 is 1.96 bits per heavy atom. The molecular weight excluding hydrogens is 320 g/mol. The molecule has 1 unspecified atom stereocenters. The Balaban J connectivity index is 1.46. The van der Waals surface area contributed by atoms with Gasteiger partial charge in [0, 0.05) is 30.8 Å². The smallest absolute Gasteiger partial charge is 0.254 e. The van der Waals surface area contributed by atoms with Gasteiger partial charge in [0.05, 0.1) is 26.0 Å². The van der Waals surface area contributed by atoms with E-state index in [0.717, 1.165) is 18.7 Å². The number of amides is 1. The topological polar surface area (TPSA) is 69.5 Å². The van der Waals surface area contributed by atoms with Crippen LogP contribution >= 0.6 is 0 Å². The zero-order chi connectivity index (χ0) is 17.4. The van der Waals surface area contributed by atoms with Crippen molar-refractivity contribution < 1.29 is 14.3 Å². The summed E-state index contributed by atoms with van der Waals surface area (Å²) >= 11 is 0. The van der Waals surface area contributed by atoms with Crippen LogP contribution in [0.4, 0.5) is 0 Å². The van der Waals surface area contributed by atoms with Gasteiger partial charge in [-0.25, -0.2) is 4.68 Å². The Labute approximate surface area is 146 Å². The molecule has 1 aliphatic carbocycles. The molecule has 2 aliphatic rings. The van der Waals surface area contributed by atoms with Crippen LogP contribution in [0.5, 0.6) is 11.5 Å². The van der Waals surface area contributed by atoms with Gasteiger partial charge in [-0.3, -0.25) is 4.79 Å². The molecule has 0 radical (unpaired) electrons. The first-order chi connectivity index (χ1) is 12.2. The van der Waals surface area contributed by atoms with E-state index in [2.05, 4.69) is 10.3 Å². The Morgan fingerprint density at radius 1 is 1.16 bits per heavy atom. The molecule has 1 aromatic carbocycles. The Bertz CT molecular complexity index is 784. The lowest BCUT2D eigenvalue weighted by atomic mass is 10.1. The maximum Gasteiger partial charge on any atom is 0.254 e.